The van der Waals surface area contributed by atoms with E-state index in [4.69, 9.17) is 13.9 Å². The van der Waals surface area contributed by atoms with Crippen LogP contribution in [0.3, 0.4) is 0 Å². The molecule has 10 nitrogen and oxygen atoms in total. The maximum atomic E-state index is 13.8. The van der Waals surface area contributed by atoms with Crippen LogP contribution in [-0.2, 0) is 9.53 Å². The lowest BCUT2D eigenvalue weighted by Crippen LogP contribution is -2.39. The highest BCUT2D eigenvalue weighted by Gasteiger charge is 2.33. The van der Waals surface area contributed by atoms with Crippen molar-refractivity contribution in [2.24, 2.45) is 4.99 Å². The highest BCUT2D eigenvalue weighted by atomic mass is 32.1. The molecule has 0 saturated heterocycles. The summed E-state index contributed by atoms with van der Waals surface area (Å²) in [6.45, 7) is 7.82. The first-order valence-electron chi connectivity index (χ1n) is 13.0. The number of rotatable bonds is 8. The molecule has 4 aromatic rings. The molecule has 0 saturated carbocycles. The van der Waals surface area contributed by atoms with E-state index in [-0.39, 0.29) is 17.9 Å². The minimum atomic E-state index is -0.738. The second kappa shape index (κ2) is 11.4. The molecule has 1 aliphatic heterocycles. The Morgan fingerprint density at radius 1 is 1.12 bits per heavy atom. The predicted molar refractivity (Wildman–Crippen MR) is 154 cm³/mol. The third-order valence-corrected chi connectivity index (χ3v) is 7.59. The lowest BCUT2D eigenvalue weighted by atomic mass is 9.96. The zero-order valence-electron chi connectivity index (χ0n) is 22.9. The molecule has 0 bridgehead atoms. The number of thiazole rings is 1. The first-order chi connectivity index (χ1) is 19.7. The average Bonchev–Trinajstić information content (AvgIpc) is 3.52. The second-order valence-corrected chi connectivity index (χ2v) is 10.3. The summed E-state index contributed by atoms with van der Waals surface area (Å²) in [5.74, 6) is 1.10. The average molecular weight is 574 g/mol. The van der Waals surface area contributed by atoms with Crippen molar-refractivity contribution < 1.29 is 23.6 Å². The molecular formula is C30H27N3O7S. The Morgan fingerprint density at radius 2 is 1.88 bits per heavy atom. The van der Waals surface area contributed by atoms with Crippen LogP contribution in [0, 0.1) is 17.0 Å². The fourth-order valence-corrected chi connectivity index (χ4v) is 5.79. The molecule has 2 aromatic heterocycles. The number of carbonyl (C=O) groups excluding carboxylic acids is 1. The minimum absolute atomic E-state index is 0.00120. The zero-order chi connectivity index (χ0) is 29.3. The molecule has 0 aliphatic carbocycles. The number of nitro groups is 1. The largest absolute Gasteiger partial charge is 0.494 e. The number of carbonyl (C=O) groups is 1. The predicted octanol–water partition coefficient (Wildman–Crippen LogP) is 4.67. The Morgan fingerprint density at radius 3 is 2.54 bits per heavy atom. The molecule has 41 heavy (non-hydrogen) atoms. The fourth-order valence-electron chi connectivity index (χ4n) is 4.76. The number of hydrogen-bond acceptors (Lipinski definition) is 9. The van der Waals surface area contributed by atoms with Crippen LogP contribution in [0.4, 0.5) is 5.69 Å². The monoisotopic (exact) mass is 573 g/mol. The number of furan rings is 1. The SMILES string of the molecule is CCOC(=O)C1=C(C)N=c2s/c(=C\c3ccc(-c4ccc([N+](=O)[O-])cc4C)o3)c(=O)n2[C@H]1c1ccc(OCC)cc1. The number of fused-ring (bicyclic) bond motifs is 1. The second-order valence-electron chi connectivity index (χ2n) is 9.26. The molecule has 0 N–H and O–H groups in total. The van der Waals surface area contributed by atoms with Gasteiger partial charge in [0.15, 0.2) is 4.80 Å². The Balaban J connectivity index is 1.59. The molecule has 11 heteroatoms. The maximum absolute atomic E-state index is 13.8. The molecule has 0 radical (unpaired) electrons. The fraction of sp³-hybridized carbons (Fsp3) is 0.233. The minimum Gasteiger partial charge on any atom is -0.494 e. The molecule has 0 amide bonds. The van der Waals surface area contributed by atoms with Gasteiger partial charge in [0, 0.05) is 23.8 Å². The van der Waals surface area contributed by atoms with Crippen LogP contribution < -0.4 is 19.6 Å². The molecule has 210 valence electrons. The van der Waals surface area contributed by atoms with Gasteiger partial charge in [0.05, 0.1) is 40.0 Å². The van der Waals surface area contributed by atoms with E-state index in [1.807, 2.05) is 19.1 Å². The number of hydrogen-bond donors (Lipinski definition) is 0. The van der Waals surface area contributed by atoms with Crippen molar-refractivity contribution >= 4 is 29.1 Å². The van der Waals surface area contributed by atoms with E-state index in [0.717, 1.165) is 0 Å². The van der Waals surface area contributed by atoms with Crippen molar-refractivity contribution in [2.45, 2.75) is 33.7 Å². The van der Waals surface area contributed by atoms with E-state index in [1.54, 1.807) is 57.2 Å². The van der Waals surface area contributed by atoms with E-state index in [9.17, 15) is 19.7 Å². The smallest absolute Gasteiger partial charge is 0.338 e. The quantitative estimate of drug-likeness (QED) is 0.170. The van der Waals surface area contributed by atoms with Crippen molar-refractivity contribution in [3.63, 3.8) is 0 Å². The zero-order valence-corrected chi connectivity index (χ0v) is 23.7. The Labute approximate surface area is 238 Å². The summed E-state index contributed by atoms with van der Waals surface area (Å²) in [6.07, 6.45) is 1.63. The van der Waals surface area contributed by atoms with Crippen LogP contribution in [-0.4, -0.2) is 28.7 Å². The molecular weight excluding hydrogens is 546 g/mol. The number of esters is 1. The van der Waals surface area contributed by atoms with Gasteiger partial charge in [-0.1, -0.05) is 23.5 Å². The molecule has 0 unspecified atom stereocenters. The van der Waals surface area contributed by atoms with E-state index >= 15 is 0 Å². The van der Waals surface area contributed by atoms with Gasteiger partial charge in [0.25, 0.3) is 11.2 Å². The molecule has 0 spiro atoms. The Hall–Kier alpha value is -4.77. The summed E-state index contributed by atoms with van der Waals surface area (Å²) in [7, 11) is 0. The molecule has 2 aromatic carbocycles. The van der Waals surface area contributed by atoms with Crippen LogP contribution >= 0.6 is 11.3 Å². The molecule has 3 heterocycles. The van der Waals surface area contributed by atoms with E-state index in [1.165, 1.54) is 28.0 Å². The van der Waals surface area contributed by atoms with Crippen molar-refractivity contribution in [3.8, 4) is 17.1 Å². The summed E-state index contributed by atoms with van der Waals surface area (Å²) < 4.78 is 18.8. The summed E-state index contributed by atoms with van der Waals surface area (Å²) >= 11 is 1.19. The van der Waals surface area contributed by atoms with Gasteiger partial charge >= 0.3 is 5.97 Å². The molecule has 1 aliphatic rings. The van der Waals surface area contributed by atoms with E-state index < -0.39 is 16.9 Å². The van der Waals surface area contributed by atoms with Crippen molar-refractivity contribution in [1.82, 2.24) is 4.57 Å². The number of allylic oxidation sites excluding steroid dienone is 1. The number of non-ortho nitro benzene ring substituents is 1. The van der Waals surface area contributed by atoms with Crippen molar-refractivity contribution in [3.05, 3.63) is 113 Å². The van der Waals surface area contributed by atoms with Crippen LogP contribution in [0.5, 0.6) is 5.75 Å². The van der Waals surface area contributed by atoms with Crippen molar-refractivity contribution in [2.75, 3.05) is 13.2 Å². The molecule has 0 fully saturated rings. The van der Waals surface area contributed by atoms with Gasteiger partial charge in [-0.25, -0.2) is 9.79 Å². The third-order valence-electron chi connectivity index (χ3n) is 6.61. The van der Waals surface area contributed by atoms with E-state index in [2.05, 4.69) is 4.99 Å². The van der Waals surface area contributed by atoms with Gasteiger partial charge in [-0.15, -0.1) is 0 Å². The van der Waals surface area contributed by atoms with Gasteiger partial charge in [0.2, 0.25) is 0 Å². The van der Waals surface area contributed by atoms with Gasteiger partial charge in [-0.05, 0) is 69.2 Å². The Kier molecular flexibility index (Phi) is 7.71. The lowest BCUT2D eigenvalue weighted by molar-refractivity contribution is -0.384. The summed E-state index contributed by atoms with van der Waals surface area (Å²) in [5, 5.41) is 11.1. The van der Waals surface area contributed by atoms with Gasteiger partial charge in [-0.3, -0.25) is 19.5 Å². The number of ether oxygens (including phenoxy) is 2. The van der Waals surface area contributed by atoms with Gasteiger partial charge < -0.3 is 13.9 Å². The lowest BCUT2D eigenvalue weighted by Gasteiger charge is -2.24. The summed E-state index contributed by atoms with van der Waals surface area (Å²) in [5.41, 5.74) is 2.56. The number of aromatic nitrogens is 1. The van der Waals surface area contributed by atoms with Gasteiger partial charge in [-0.2, -0.15) is 0 Å². The van der Waals surface area contributed by atoms with Crippen LogP contribution in [0.1, 0.15) is 43.7 Å². The van der Waals surface area contributed by atoms with Gasteiger partial charge in [0.1, 0.15) is 17.3 Å². The van der Waals surface area contributed by atoms with Crippen LogP contribution in [0.2, 0.25) is 0 Å². The van der Waals surface area contributed by atoms with E-state index in [0.29, 0.717) is 61.2 Å². The molecule has 5 rings (SSSR count). The third kappa shape index (κ3) is 5.36. The topological polar surface area (TPSA) is 126 Å². The number of benzene rings is 2. The van der Waals surface area contributed by atoms with Crippen molar-refractivity contribution in [1.29, 1.82) is 0 Å². The van der Waals surface area contributed by atoms with Crippen LogP contribution in [0.25, 0.3) is 17.4 Å². The first-order valence-corrected chi connectivity index (χ1v) is 13.8. The summed E-state index contributed by atoms with van der Waals surface area (Å²) in [6, 6.07) is 14.6. The highest BCUT2D eigenvalue weighted by Crippen LogP contribution is 2.32. The number of aryl methyl sites for hydroxylation is 1. The van der Waals surface area contributed by atoms with Crippen LogP contribution in [0.15, 0.2) is 80.1 Å². The maximum Gasteiger partial charge on any atom is 0.338 e. The summed E-state index contributed by atoms with van der Waals surface area (Å²) in [4.78, 5) is 42.6. The first kappa shape index (κ1) is 27.8. The number of nitro benzene ring substituents is 1. The molecule has 1 atom stereocenters. The highest BCUT2D eigenvalue weighted by molar-refractivity contribution is 7.07. The number of nitrogens with zero attached hydrogens (tertiary/aromatic N) is 3. The standard InChI is InChI=1S/C30H27N3O7S/c1-5-38-21-10-7-19(8-11-21)27-26(29(35)39-6-2)18(4)31-30-32(27)28(34)25(41-30)16-22-12-14-24(40-22)23-13-9-20(33(36)37)15-17(23)3/h7-16,27H,5-6H2,1-4H3/b25-16-/t27-/m0/s1. The normalized spacial score (nSPS) is 14.9. The Bertz CT molecular complexity index is 1860.